The van der Waals surface area contributed by atoms with Crippen LogP contribution in [0.5, 0.6) is 0 Å². The molecule has 2 heterocycles. The average molecular weight is 310 g/mol. The molecule has 120 valence electrons. The van der Waals surface area contributed by atoms with E-state index in [0.717, 1.165) is 42.7 Å². The Hall–Kier alpha value is -2.32. The van der Waals surface area contributed by atoms with Crippen molar-refractivity contribution in [2.75, 3.05) is 13.1 Å². The minimum Gasteiger partial charge on any atom is -0.345 e. The van der Waals surface area contributed by atoms with Gasteiger partial charge in [0, 0.05) is 0 Å². The number of benzene rings is 1. The van der Waals surface area contributed by atoms with Gasteiger partial charge in [0.2, 0.25) is 5.91 Å². The number of likely N-dealkylation sites (tertiary alicyclic amines) is 1. The number of nitrogens with one attached hydrogen (secondary N) is 2. The number of aromatic nitrogens is 2. The molecule has 5 heteroatoms. The normalized spacial score (nSPS) is 20.1. The monoisotopic (exact) mass is 310 g/mol. The number of hydrogen-bond acceptors (Lipinski definition) is 3. The fraction of sp³-hybridized carbons (Fsp3) is 0.444. The van der Waals surface area contributed by atoms with Crippen molar-refractivity contribution in [3.05, 3.63) is 30.1 Å². The van der Waals surface area contributed by atoms with Gasteiger partial charge in [-0.05, 0) is 38.4 Å². The second-order valence-corrected chi connectivity index (χ2v) is 6.06. The Labute approximate surface area is 136 Å². The highest BCUT2D eigenvalue weighted by molar-refractivity contribution is 5.82. The summed E-state index contributed by atoms with van der Waals surface area (Å²) in [5, 5.41) is 3.07. The second-order valence-electron chi connectivity index (χ2n) is 6.06. The highest BCUT2D eigenvalue weighted by Crippen LogP contribution is 2.19. The topological polar surface area (TPSA) is 61.0 Å². The van der Waals surface area contributed by atoms with Gasteiger partial charge in [-0.3, -0.25) is 9.69 Å². The van der Waals surface area contributed by atoms with Crippen LogP contribution < -0.4 is 5.32 Å². The van der Waals surface area contributed by atoms with E-state index in [2.05, 4.69) is 26.1 Å². The van der Waals surface area contributed by atoms with Gasteiger partial charge in [-0.15, -0.1) is 6.42 Å². The zero-order chi connectivity index (χ0) is 16.2. The number of imidazole rings is 1. The van der Waals surface area contributed by atoms with Gasteiger partial charge in [-0.2, -0.15) is 0 Å². The van der Waals surface area contributed by atoms with E-state index in [1.54, 1.807) is 0 Å². The summed E-state index contributed by atoms with van der Waals surface area (Å²) in [6.07, 6.45) is 8.45. The average Bonchev–Trinajstić information content (AvgIpc) is 3.00. The van der Waals surface area contributed by atoms with Crippen molar-refractivity contribution in [3.8, 4) is 12.3 Å². The molecule has 1 aliphatic rings. The molecule has 1 saturated heterocycles. The fourth-order valence-corrected chi connectivity index (χ4v) is 3.15. The maximum Gasteiger partial charge on any atom is 0.237 e. The van der Waals surface area contributed by atoms with Gasteiger partial charge in [-0.1, -0.05) is 24.5 Å². The third-order valence-electron chi connectivity index (χ3n) is 4.39. The molecule has 1 fully saturated rings. The molecule has 1 aromatic carbocycles. The SMILES string of the molecule is C#CCN1CCCC[C@H]1C(=O)N[C@@H](C)c1nc2ccccc2[nH]1. The molecule has 0 bridgehead atoms. The Kier molecular flexibility index (Phi) is 4.63. The lowest BCUT2D eigenvalue weighted by atomic mass is 10.0. The fourth-order valence-electron chi connectivity index (χ4n) is 3.15. The zero-order valence-electron chi connectivity index (χ0n) is 13.4. The number of para-hydroxylation sites is 2. The van der Waals surface area contributed by atoms with E-state index in [0.29, 0.717) is 6.54 Å². The third-order valence-corrected chi connectivity index (χ3v) is 4.39. The Bertz CT molecular complexity index is 697. The highest BCUT2D eigenvalue weighted by Gasteiger charge is 2.29. The minimum atomic E-state index is -0.162. The number of fused-ring (bicyclic) bond motifs is 1. The standard InChI is InChI=1S/C18H22N4O/c1-3-11-22-12-7-6-10-16(22)18(23)19-13(2)17-20-14-8-4-5-9-15(14)21-17/h1,4-5,8-9,13,16H,6-7,10-12H2,2H3,(H,19,23)(H,20,21)/t13-,16-/m0/s1. The predicted octanol–water partition coefficient (Wildman–Crippen LogP) is 2.23. The molecule has 1 aromatic heterocycles. The van der Waals surface area contributed by atoms with Crippen LogP contribution in [0.2, 0.25) is 0 Å². The molecule has 0 spiro atoms. The summed E-state index contributed by atoms with van der Waals surface area (Å²) in [6.45, 7) is 3.36. The van der Waals surface area contributed by atoms with E-state index in [1.807, 2.05) is 31.2 Å². The number of hydrogen-bond donors (Lipinski definition) is 2. The largest absolute Gasteiger partial charge is 0.345 e. The maximum atomic E-state index is 12.6. The number of amides is 1. The molecular weight excluding hydrogens is 288 g/mol. The van der Waals surface area contributed by atoms with Gasteiger partial charge in [0.05, 0.1) is 29.7 Å². The number of aromatic amines is 1. The van der Waals surface area contributed by atoms with Gasteiger partial charge in [0.15, 0.2) is 0 Å². The molecule has 3 rings (SSSR count). The van der Waals surface area contributed by atoms with Gasteiger partial charge >= 0.3 is 0 Å². The summed E-state index contributed by atoms with van der Waals surface area (Å²) in [5.41, 5.74) is 1.89. The molecular formula is C18H22N4O. The van der Waals surface area contributed by atoms with Crippen LogP contribution >= 0.6 is 0 Å². The van der Waals surface area contributed by atoms with Crippen molar-refractivity contribution < 1.29 is 4.79 Å². The van der Waals surface area contributed by atoms with E-state index in [9.17, 15) is 4.79 Å². The van der Waals surface area contributed by atoms with Crippen molar-refractivity contribution in [1.29, 1.82) is 0 Å². The lowest BCUT2D eigenvalue weighted by Gasteiger charge is -2.33. The van der Waals surface area contributed by atoms with Crippen molar-refractivity contribution in [2.24, 2.45) is 0 Å². The molecule has 2 aromatic rings. The molecule has 0 aliphatic carbocycles. The Morgan fingerprint density at radius 3 is 3.13 bits per heavy atom. The lowest BCUT2D eigenvalue weighted by Crippen LogP contribution is -2.50. The Morgan fingerprint density at radius 2 is 2.35 bits per heavy atom. The maximum absolute atomic E-state index is 12.6. The molecule has 0 unspecified atom stereocenters. The van der Waals surface area contributed by atoms with Crippen molar-refractivity contribution in [3.63, 3.8) is 0 Å². The first-order chi connectivity index (χ1) is 11.2. The molecule has 0 saturated carbocycles. The van der Waals surface area contributed by atoms with E-state index >= 15 is 0 Å². The Balaban J connectivity index is 1.69. The van der Waals surface area contributed by atoms with Gasteiger partial charge in [0.1, 0.15) is 5.82 Å². The van der Waals surface area contributed by atoms with E-state index in [-0.39, 0.29) is 18.0 Å². The molecule has 1 amide bonds. The van der Waals surface area contributed by atoms with E-state index in [1.165, 1.54) is 0 Å². The van der Waals surface area contributed by atoms with Crippen molar-refractivity contribution in [2.45, 2.75) is 38.3 Å². The number of rotatable bonds is 4. The van der Waals surface area contributed by atoms with Crippen LogP contribution in [0.15, 0.2) is 24.3 Å². The third kappa shape index (κ3) is 3.38. The van der Waals surface area contributed by atoms with Crippen LogP contribution in [-0.4, -0.2) is 39.9 Å². The Morgan fingerprint density at radius 1 is 1.52 bits per heavy atom. The number of carbonyl (C=O) groups is 1. The van der Waals surface area contributed by atoms with Gasteiger partial charge < -0.3 is 10.3 Å². The molecule has 5 nitrogen and oxygen atoms in total. The first-order valence-electron chi connectivity index (χ1n) is 8.11. The molecule has 2 N–H and O–H groups in total. The van der Waals surface area contributed by atoms with Gasteiger partial charge in [0.25, 0.3) is 0 Å². The van der Waals surface area contributed by atoms with Crippen LogP contribution in [0.25, 0.3) is 11.0 Å². The first kappa shape index (κ1) is 15.6. The number of terminal acetylenes is 1. The number of carbonyl (C=O) groups excluding carboxylic acids is 1. The quantitative estimate of drug-likeness (QED) is 0.851. The highest BCUT2D eigenvalue weighted by atomic mass is 16.2. The second kappa shape index (κ2) is 6.84. The van der Waals surface area contributed by atoms with E-state index < -0.39 is 0 Å². The lowest BCUT2D eigenvalue weighted by molar-refractivity contribution is -0.128. The van der Waals surface area contributed by atoms with Crippen LogP contribution in [0.3, 0.4) is 0 Å². The summed E-state index contributed by atoms with van der Waals surface area (Å²) in [4.78, 5) is 22.5. The summed E-state index contributed by atoms with van der Waals surface area (Å²) >= 11 is 0. The van der Waals surface area contributed by atoms with Crippen LogP contribution in [0.4, 0.5) is 0 Å². The van der Waals surface area contributed by atoms with Crippen LogP contribution in [0, 0.1) is 12.3 Å². The molecule has 2 atom stereocenters. The first-order valence-corrected chi connectivity index (χ1v) is 8.11. The number of piperidine rings is 1. The summed E-state index contributed by atoms with van der Waals surface area (Å²) in [7, 11) is 0. The molecule has 0 radical (unpaired) electrons. The smallest absolute Gasteiger partial charge is 0.237 e. The van der Waals surface area contributed by atoms with Crippen LogP contribution in [0.1, 0.15) is 38.1 Å². The number of H-pyrrole nitrogens is 1. The zero-order valence-corrected chi connectivity index (χ0v) is 13.4. The summed E-state index contributed by atoms with van der Waals surface area (Å²) in [6, 6.07) is 7.56. The molecule has 23 heavy (non-hydrogen) atoms. The van der Waals surface area contributed by atoms with E-state index in [4.69, 9.17) is 6.42 Å². The van der Waals surface area contributed by atoms with Crippen LogP contribution in [-0.2, 0) is 4.79 Å². The van der Waals surface area contributed by atoms with Crippen molar-refractivity contribution in [1.82, 2.24) is 20.2 Å². The number of nitrogens with zero attached hydrogens (tertiary/aromatic N) is 2. The van der Waals surface area contributed by atoms with Gasteiger partial charge in [-0.25, -0.2) is 4.98 Å². The predicted molar refractivity (Wildman–Crippen MR) is 90.7 cm³/mol. The summed E-state index contributed by atoms with van der Waals surface area (Å²) in [5.74, 6) is 3.46. The minimum absolute atomic E-state index is 0.0351. The molecule has 1 aliphatic heterocycles. The van der Waals surface area contributed by atoms with Crippen molar-refractivity contribution >= 4 is 16.9 Å². The summed E-state index contributed by atoms with van der Waals surface area (Å²) < 4.78 is 0.